The zero-order valence-corrected chi connectivity index (χ0v) is 21.4. The molecule has 7 heteroatoms. The molecule has 0 spiro atoms. The fraction of sp³-hybridized carbons (Fsp3) is 0.370. The van der Waals surface area contributed by atoms with Gasteiger partial charge in [0.25, 0.3) is 5.91 Å². The summed E-state index contributed by atoms with van der Waals surface area (Å²) >= 11 is 7.17. The number of nitrogens with zero attached hydrogens (tertiary/aromatic N) is 2. The summed E-state index contributed by atoms with van der Waals surface area (Å²) in [4.78, 5) is 20.0. The number of carbonyl (C=O) groups excluding carboxylic acids is 1. The summed E-state index contributed by atoms with van der Waals surface area (Å²) in [5, 5.41) is 10.2. The van der Waals surface area contributed by atoms with Crippen molar-refractivity contribution in [3.63, 3.8) is 0 Å². The molecule has 1 fully saturated rings. The van der Waals surface area contributed by atoms with Gasteiger partial charge >= 0.3 is 0 Å². The molecule has 1 amide bonds. The number of thiocarbonyl (C=S) groups is 1. The van der Waals surface area contributed by atoms with Crippen LogP contribution in [0.2, 0.25) is 0 Å². The van der Waals surface area contributed by atoms with Crippen LogP contribution in [-0.2, 0) is 0 Å². The van der Waals surface area contributed by atoms with Gasteiger partial charge in [0.05, 0.1) is 5.01 Å². The van der Waals surface area contributed by atoms with Crippen molar-refractivity contribution in [2.75, 3.05) is 25.0 Å². The molecule has 2 heterocycles. The largest absolute Gasteiger partial charge is 0.362 e. The average Bonchev–Trinajstić information content (AvgIpc) is 3.38. The third-order valence-corrected chi connectivity index (χ3v) is 7.85. The standard InChI is InChI=1S/C27H32N4OS2/c1-3-19(2)17-28-27(33)31-15-13-21(14-16-31)26-30-24(18-34-26)25(32)29-23-12-8-7-11-22(23)20-9-5-4-6-10-20/h4-12,18-19,21H,3,13-17H2,1-2H3,(H,28,33)(H,29,32). The number of hydrogen-bond acceptors (Lipinski definition) is 4. The van der Waals surface area contributed by atoms with Crippen LogP contribution in [0.25, 0.3) is 11.1 Å². The fourth-order valence-electron chi connectivity index (χ4n) is 4.07. The highest BCUT2D eigenvalue weighted by Crippen LogP contribution is 2.31. The zero-order chi connectivity index (χ0) is 23.9. The van der Waals surface area contributed by atoms with E-state index in [-0.39, 0.29) is 5.91 Å². The summed E-state index contributed by atoms with van der Waals surface area (Å²) < 4.78 is 0. The minimum absolute atomic E-state index is 0.168. The number of likely N-dealkylation sites (tertiary alicyclic amines) is 1. The zero-order valence-electron chi connectivity index (χ0n) is 19.8. The molecule has 2 aromatic carbocycles. The van der Waals surface area contributed by atoms with Crippen molar-refractivity contribution in [3.05, 3.63) is 70.7 Å². The number of rotatable bonds is 7. The number of para-hydroxylation sites is 1. The number of nitrogens with one attached hydrogen (secondary N) is 2. The third kappa shape index (κ3) is 6.02. The van der Waals surface area contributed by atoms with Gasteiger partial charge in [0.2, 0.25) is 0 Å². The van der Waals surface area contributed by atoms with E-state index in [1.165, 1.54) is 0 Å². The van der Waals surface area contributed by atoms with E-state index < -0.39 is 0 Å². The monoisotopic (exact) mass is 492 g/mol. The van der Waals surface area contributed by atoms with Crippen LogP contribution in [0.15, 0.2) is 60.0 Å². The number of benzene rings is 2. The molecule has 0 aliphatic carbocycles. The third-order valence-electron chi connectivity index (χ3n) is 6.44. The molecule has 0 bridgehead atoms. The first-order valence-electron chi connectivity index (χ1n) is 12.0. The minimum Gasteiger partial charge on any atom is -0.362 e. The summed E-state index contributed by atoms with van der Waals surface area (Å²) in [6.45, 7) is 7.20. The van der Waals surface area contributed by atoms with Gasteiger partial charge in [0, 0.05) is 42.2 Å². The molecule has 3 aromatic rings. The highest BCUT2D eigenvalue weighted by Gasteiger charge is 2.25. The smallest absolute Gasteiger partial charge is 0.275 e. The second-order valence-corrected chi connectivity index (χ2v) is 10.2. The molecule has 0 saturated carbocycles. The Hall–Kier alpha value is -2.77. The number of aromatic nitrogens is 1. The van der Waals surface area contributed by atoms with Gasteiger partial charge in [-0.15, -0.1) is 11.3 Å². The molecule has 1 aromatic heterocycles. The molecule has 1 aliphatic rings. The summed E-state index contributed by atoms with van der Waals surface area (Å²) in [6, 6.07) is 18.0. The van der Waals surface area contributed by atoms with Crippen molar-refractivity contribution >= 4 is 40.3 Å². The highest BCUT2D eigenvalue weighted by atomic mass is 32.1. The van der Waals surface area contributed by atoms with E-state index >= 15 is 0 Å². The lowest BCUT2D eigenvalue weighted by molar-refractivity contribution is 0.102. The Balaban J connectivity index is 1.35. The van der Waals surface area contributed by atoms with E-state index in [2.05, 4.69) is 29.4 Å². The fourth-order valence-corrected chi connectivity index (χ4v) is 5.31. The van der Waals surface area contributed by atoms with E-state index in [1.54, 1.807) is 11.3 Å². The second-order valence-electron chi connectivity index (χ2n) is 8.90. The molecule has 5 nitrogen and oxygen atoms in total. The Morgan fingerprint density at radius 3 is 2.59 bits per heavy atom. The number of thiazole rings is 1. The molecule has 1 unspecified atom stereocenters. The number of anilines is 1. The Morgan fingerprint density at radius 2 is 1.85 bits per heavy atom. The predicted molar refractivity (Wildman–Crippen MR) is 146 cm³/mol. The first-order valence-corrected chi connectivity index (χ1v) is 13.3. The SMILES string of the molecule is CCC(C)CNC(=S)N1CCC(c2nc(C(=O)Nc3ccccc3-c3ccccc3)cs2)CC1. The number of carbonyl (C=O) groups is 1. The normalized spacial score (nSPS) is 15.1. The highest BCUT2D eigenvalue weighted by molar-refractivity contribution is 7.80. The molecule has 1 atom stereocenters. The van der Waals surface area contributed by atoms with Crippen LogP contribution in [0.1, 0.15) is 54.5 Å². The van der Waals surface area contributed by atoms with Crippen molar-refractivity contribution in [3.8, 4) is 11.1 Å². The van der Waals surface area contributed by atoms with Crippen LogP contribution >= 0.6 is 23.6 Å². The van der Waals surface area contributed by atoms with Gasteiger partial charge in [-0.1, -0.05) is 68.8 Å². The van der Waals surface area contributed by atoms with Crippen LogP contribution in [0.3, 0.4) is 0 Å². The summed E-state index contributed by atoms with van der Waals surface area (Å²) in [5.74, 6) is 0.825. The number of hydrogen-bond donors (Lipinski definition) is 2. The summed E-state index contributed by atoms with van der Waals surface area (Å²) in [5.41, 5.74) is 3.34. The van der Waals surface area contributed by atoms with Crippen LogP contribution in [0.4, 0.5) is 5.69 Å². The van der Waals surface area contributed by atoms with E-state index in [9.17, 15) is 4.79 Å². The molecular weight excluding hydrogens is 460 g/mol. The number of amides is 1. The van der Waals surface area contributed by atoms with Crippen molar-refractivity contribution in [1.82, 2.24) is 15.2 Å². The van der Waals surface area contributed by atoms with Crippen LogP contribution in [0, 0.1) is 5.92 Å². The van der Waals surface area contributed by atoms with Crippen molar-refractivity contribution in [1.29, 1.82) is 0 Å². The summed E-state index contributed by atoms with van der Waals surface area (Å²) in [7, 11) is 0. The van der Waals surface area contributed by atoms with E-state index in [0.717, 1.165) is 65.8 Å². The maximum absolute atomic E-state index is 13.0. The Kier molecular flexibility index (Phi) is 8.29. The molecule has 1 aliphatic heterocycles. The quantitative estimate of drug-likeness (QED) is 0.387. The van der Waals surface area contributed by atoms with Gasteiger partial charge in [0.1, 0.15) is 5.69 Å². The van der Waals surface area contributed by atoms with E-state index in [1.807, 2.05) is 60.0 Å². The van der Waals surface area contributed by atoms with Gasteiger partial charge < -0.3 is 15.5 Å². The first kappa shape index (κ1) is 24.4. The maximum atomic E-state index is 13.0. The minimum atomic E-state index is -0.168. The molecule has 1 saturated heterocycles. The Bertz CT molecular complexity index is 1110. The number of piperidine rings is 1. The van der Waals surface area contributed by atoms with E-state index in [4.69, 9.17) is 17.2 Å². The van der Waals surface area contributed by atoms with Crippen molar-refractivity contribution < 1.29 is 4.79 Å². The van der Waals surface area contributed by atoms with Gasteiger partial charge in [-0.25, -0.2) is 4.98 Å². The molecule has 178 valence electrons. The molecule has 0 radical (unpaired) electrons. The summed E-state index contributed by atoms with van der Waals surface area (Å²) in [6.07, 6.45) is 3.14. The molecule has 34 heavy (non-hydrogen) atoms. The van der Waals surface area contributed by atoms with Crippen molar-refractivity contribution in [2.24, 2.45) is 5.92 Å². The van der Waals surface area contributed by atoms with Crippen LogP contribution in [0.5, 0.6) is 0 Å². The maximum Gasteiger partial charge on any atom is 0.275 e. The lowest BCUT2D eigenvalue weighted by Crippen LogP contribution is -2.45. The molecule has 2 N–H and O–H groups in total. The topological polar surface area (TPSA) is 57.3 Å². The van der Waals surface area contributed by atoms with Gasteiger partial charge in [-0.05, 0) is 42.6 Å². The van der Waals surface area contributed by atoms with Crippen molar-refractivity contribution in [2.45, 2.75) is 39.0 Å². The first-order chi connectivity index (χ1) is 16.5. The van der Waals surface area contributed by atoms with Gasteiger partial charge in [0.15, 0.2) is 5.11 Å². The van der Waals surface area contributed by atoms with E-state index in [0.29, 0.717) is 17.5 Å². The lowest BCUT2D eigenvalue weighted by Gasteiger charge is -2.33. The second kappa shape index (κ2) is 11.6. The van der Waals surface area contributed by atoms with Gasteiger partial charge in [-0.2, -0.15) is 0 Å². The molecule has 4 rings (SSSR count). The Morgan fingerprint density at radius 1 is 1.15 bits per heavy atom. The average molecular weight is 493 g/mol. The van der Waals surface area contributed by atoms with Gasteiger partial charge in [-0.3, -0.25) is 4.79 Å². The lowest BCUT2D eigenvalue weighted by atomic mass is 9.98. The predicted octanol–water partition coefficient (Wildman–Crippen LogP) is 6.16. The van der Waals surface area contributed by atoms with Crippen LogP contribution < -0.4 is 10.6 Å². The Labute approximate surface area is 211 Å². The molecular formula is C27H32N4OS2. The van der Waals surface area contributed by atoms with Crippen LogP contribution in [-0.4, -0.2) is 40.5 Å².